The lowest BCUT2D eigenvalue weighted by molar-refractivity contribution is -0.147. The van der Waals surface area contributed by atoms with Crippen molar-refractivity contribution in [1.29, 1.82) is 0 Å². The Morgan fingerprint density at radius 2 is 2.09 bits per heavy atom. The van der Waals surface area contributed by atoms with Crippen LogP contribution in [0.15, 0.2) is 22.7 Å². The third-order valence-corrected chi connectivity index (χ3v) is 3.81. The van der Waals surface area contributed by atoms with Gasteiger partial charge in [-0.3, -0.25) is 9.59 Å². The van der Waals surface area contributed by atoms with E-state index in [0.717, 1.165) is 0 Å². The molecule has 0 radical (unpaired) electrons. The van der Waals surface area contributed by atoms with Gasteiger partial charge in [-0.1, -0.05) is 0 Å². The van der Waals surface area contributed by atoms with Crippen molar-refractivity contribution in [3.8, 4) is 5.75 Å². The Labute approximate surface area is 137 Å². The van der Waals surface area contributed by atoms with E-state index in [1.54, 1.807) is 20.8 Å². The summed E-state index contributed by atoms with van der Waals surface area (Å²) < 4.78 is 18.8. The SMILES string of the molecule is CC(Oc1ccc(F)cc1Br)C(=O)NCCC(C)(C)C(=O)O. The summed E-state index contributed by atoms with van der Waals surface area (Å²) in [6.07, 6.45) is -0.476. The van der Waals surface area contributed by atoms with Crippen LogP contribution >= 0.6 is 15.9 Å². The van der Waals surface area contributed by atoms with Crippen LogP contribution in [-0.2, 0) is 9.59 Å². The Morgan fingerprint density at radius 1 is 1.45 bits per heavy atom. The first-order valence-corrected chi connectivity index (χ1v) is 7.55. The van der Waals surface area contributed by atoms with Crippen LogP contribution in [0.3, 0.4) is 0 Å². The second-order valence-corrected chi connectivity index (χ2v) is 6.42. The fourth-order valence-corrected chi connectivity index (χ4v) is 2.01. The maximum absolute atomic E-state index is 13.0. The summed E-state index contributed by atoms with van der Waals surface area (Å²) in [7, 11) is 0. The monoisotopic (exact) mass is 375 g/mol. The molecule has 0 saturated carbocycles. The average molecular weight is 376 g/mol. The number of benzene rings is 1. The maximum Gasteiger partial charge on any atom is 0.309 e. The van der Waals surface area contributed by atoms with Gasteiger partial charge in [-0.15, -0.1) is 0 Å². The molecule has 0 aliphatic carbocycles. The number of hydrogen-bond acceptors (Lipinski definition) is 3. The Morgan fingerprint density at radius 3 is 2.64 bits per heavy atom. The second-order valence-electron chi connectivity index (χ2n) is 5.56. The Hall–Kier alpha value is -1.63. The number of ether oxygens (including phenoxy) is 1. The highest BCUT2D eigenvalue weighted by Gasteiger charge is 2.27. The van der Waals surface area contributed by atoms with E-state index in [-0.39, 0.29) is 12.5 Å². The molecular weight excluding hydrogens is 357 g/mol. The predicted molar refractivity (Wildman–Crippen MR) is 83.2 cm³/mol. The molecule has 7 heteroatoms. The van der Waals surface area contributed by atoms with E-state index in [4.69, 9.17) is 9.84 Å². The largest absolute Gasteiger partial charge is 0.481 e. The minimum Gasteiger partial charge on any atom is -0.481 e. The zero-order valence-electron chi connectivity index (χ0n) is 12.7. The van der Waals surface area contributed by atoms with Crippen molar-refractivity contribution in [3.63, 3.8) is 0 Å². The molecule has 0 fully saturated rings. The van der Waals surface area contributed by atoms with Gasteiger partial charge in [0.25, 0.3) is 5.91 Å². The number of carboxylic acids is 1. The van der Waals surface area contributed by atoms with Crippen LogP contribution in [0, 0.1) is 11.2 Å². The molecule has 2 N–H and O–H groups in total. The Kier molecular flexibility index (Phi) is 6.34. The highest BCUT2D eigenvalue weighted by molar-refractivity contribution is 9.10. The van der Waals surface area contributed by atoms with Crippen molar-refractivity contribution in [2.75, 3.05) is 6.54 Å². The molecule has 0 spiro atoms. The molecule has 1 aromatic carbocycles. The zero-order chi connectivity index (χ0) is 16.9. The van der Waals surface area contributed by atoms with Gasteiger partial charge in [-0.05, 0) is 61.3 Å². The van der Waals surface area contributed by atoms with E-state index in [1.807, 2.05) is 0 Å². The van der Waals surface area contributed by atoms with Crippen molar-refractivity contribution in [2.24, 2.45) is 5.41 Å². The normalized spacial score (nSPS) is 12.6. The molecule has 22 heavy (non-hydrogen) atoms. The molecule has 1 aromatic rings. The molecule has 0 aliphatic rings. The molecule has 1 rings (SSSR count). The van der Waals surface area contributed by atoms with Crippen molar-refractivity contribution in [1.82, 2.24) is 5.32 Å². The number of halogens is 2. The fourth-order valence-electron chi connectivity index (χ4n) is 1.56. The van der Waals surface area contributed by atoms with E-state index < -0.39 is 23.3 Å². The Bertz CT molecular complexity index is 562. The minimum atomic E-state index is -0.915. The maximum atomic E-state index is 13.0. The third kappa shape index (κ3) is 5.29. The van der Waals surface area contributed by atoms with Crippen molar-refractivity contribution in [2.45, 2.75) is 33.3 Å². The fraction of sp³-hybridized carbons (Fsp3) is 0.467. The summed E-state index contributed by atoms with van der Waals surface area (Å²) in [5, 5.41) is 11.6. The predicted octanol–water partition coefficient (Wildman–Crippen LogP) is 2.97. The zero-order valence-corrected chi connectivity index (χ0v) is 14.2. The van der Waals surface area contributed by atoms with Crippen LogP contribution in [0.1, 0.15) is 27.2 Å². The molecule has 1 amide bonds. The smallest absolute Gasteiger partial charge is 0.309 e. The molecular formula is C15H19BrFNO4. The van der Waals surface area contributed by atoms with Crippen LogP contribution in [0.25, 0.3) is 0 Å². The minimum absolute atomic E-state index is 0.233. The van der Waals surface area contributed by atoms with Crippen LogP contribution in [0.2, 0.25) is 0 Å². The van der Waals surface area contributed by atoms with E-state index >= 15 is 0 Å². The molecule has 122 valence electrons. The van der Waals surface area contributed by atoms with Gasteiger partial charge >= 0.3 is 5.97 Å². The van der Waals surface area contributed by atoms with E-state index in [2.05, 4.69) is 21.2 Å². The standard InChI is InChI=1S/C15H19BrFNO4/c1-9(22-12-5-4-10(17)8-11(12)16)13(19)18-7-6-15(2,3)14(20)21/h4-5,8-9H,6-7H2,1-3H3,(H,18,19)(H,20,21). The summed E-state index contributed by atoms with van der Waals surface area (Å²) in [6, 6.07) is 3.91. The van der Waals surface area contributed by atoms with Gasteiger partial charge < -0.3 is 15.2 Å². The number of nitrogens with one attached hydrogen (secondary N) is 1. The quantitative estimate of drug-likeness (QED) is 0.767. The molecule has 0 saturated heterocycles. The van der Waals surface area contributed by atoms with Crippen molar-refractivity contribution in [3.05, 3.63) is 28.5 Å². The molecule has 1 atom stereocenters. The van der Waals surface area contributed by atoms with Crippen LogP contribution in [0.4, 0.5) is 4.39 Å². The van der Waals surface area contributed by atoms with Crippen molar-refractivity contribution >= 4 is 27.8 Å². The molecule has 0 aromatic heterocycles. The van der Waals surface area contributed by atoms with E-state index in [0.29, 0.717) is 16.6 Å². The van der Waals surface area contributed by atoms with Crippen LogP contribution in [0.5, 0.6) is 5.75 Å². The lowest BCUT2D eigenvalue weighted by Gasteiger charge is -2.20. The van der Waals surface area contributed by atoms with Gasteiger partial charge in [0, 0.05) is 6.54 Å². The first-order chi connectivity index (χ1) is 10.1. The third-order valence-electron chi connectivity index (χ3n) is 3.20. The van der Waals surface area contributed by atoms with Gasteiger partial charge in [-0.2, -0.15) is 0 Å². The van der Waals surface area contributed by atoms with Crippen LogP contribution in [-0.4, -0.2) is 29.6 Å². The summed E-state index contributed by atoms with van der Waals surface area (Å²) in [5.74, 6) is -1.33. The van der Waals surface area contributed by atoms with Gasteiger partial charge in [0.15, 0.2) is 6.10 Å². The summed E-state index contributed by atoms with van der Waals surface area (Å²) in [5.41, 5.74) is -0.905. The number of amides is 1. The molecule has 0 bridgehead atoms. The number of hydrogen-bond donors (Lipinski definition) is 2. The number of carbonyl (C=O) groups excluding carboxylic acids is 1. The lowest BCUT2D eigenvalue weighted by Crippen LogP contribution is -2.39. The lowest BCUT2D eigenvalue weighted by atomic mass is 9.90. The first-order valence-electron chi connectivity index (χ1n) is 6.76. The van der Waals surface area contributed by atoms with Gasteiger partial charge in [0.05, 0.1) is 9.89 Å². The first kappa shape index (κ1) is 18.4. The van der Waals surface area contributed by atoms with Gasteiger partial charge in [-0.25, -0.2) is 4.39 Å². The second kappa shape index (κ2) is 7.58. The average Bonchev–Trinajstić information content (AvgIpc) is 2.41. The highest BCUT2D eigenvalue weighted by Crippen LogP contribution is 2.26. The number of carboxylic acid groups (broad SMARTS) is 1. The van der Waals surface area contributed by atoms with Crippen LogP contribution < -0.4 is 10.1 Å². The van der Waals surface area contributed by atoms with Gasteiger partial charge in [0.2, 0.25) is 0 Å². The molecule has 0 aliphatic heterocycles. The topological polar surface area (TPSA) is 75.6 Å². The highest BCUT2D eigenvalue weighted by atomic mass is 79.9. The summed E-state index contributed by atoms with van der Waals surface area (Å²) in [4.78, 5) is 22.9. The summed E-state index contributed by atoms with van der Waals surface area (Å²) >= 11 is 3.16. The number of rotatable bonds is 7. The van der Waals surface area contributed by atoms with E-state index in [1.165, 1.54) is 18.2 Å². The number of carbonyl (C=O) groups is 2. The van der Waals surface area contributed by atoms with E-state index in [9.17, 15) is 14.0 Å². The van der Waals surface area contributed by atoms with Gasteiger partial charge in [0.1, 0.15) is 11.6 Å². The summed E-state index contributed by atoms with van der Waals surface area (Å²) in [6.45, 7) is 4.98. The molecule has 0 heterocycles. The number of aliphatic carboxylic acids is 1. The Balaban J connectivity index is 2.50. The molecule has 5 nitrogen and oxygen atoms in total. The van der Waals surface area contributed by atoms with Crippen molar-refractivity contribution < 1.29 is 23.8 Å². The molecule has 1 unspecified atom stereocenters.